The van der Waals surface area contributed by atoms with Crippen LogP contribution in [0, 0.1) is 0 Å². The molecule has 96 valence electrons. The van der Waals surface area contributed by atoms with Crippen LogP contribution in [-0.2, 0) is 0 Å². The lowest BCUT2D eigenvalue weighted by Crippen LogP contribution is -2.37. The fourth-order valence-corrected chi connectivity index (χ4v) is 7.48. The van der Waals surface area contributed by atoms with E-state index in [1.807, 2.05) is 6.08 Å². The third kappa shape index (κ3) is 3.11. The van der Waals surface area contributed by atoms with Gasteiger partial charge in [0.1, 0.15) is 0 Å². The summed E-state index contributed by atoms with van der Waals surface area (Å²) < 4.78 is 0. The first kappa shape index (κ1) is 14.7. The van der Waals surface area contributed by atoms with E-state index in [1.54, 1.807) is 0 Å². The fraction of sp³-hybridized carbons (Fsp3) is 0.294. The standard InChI is InChI=1S/C17H24Si/c1-5-10-16-11-9-12-17(16)18(13-6-2,14-7-3)15-8-4/h5-9,11-12,17H,1-4,10,13-15H2. The van der Waals surface area contributed by atoms with Gasteiger partial charge >= 0.3 is 0 Å². The first-order valence-electron chi connectivity index (χ1n) is 6.55. The molecule has 0 saturated carbocycles. The number of allylic oxidation sites excluding steroid dienone is 8. The molecule has 0 bridgehead atoms. The topological polar surface area (TPSA) is 0 Å². The maximum absolute atomic E-state index is 3.95. The molecule has 1 atom stereocenters. The average Bonchev–Trinajstić information content (AvgIpc) is 2.79. The molecule has 0 radical (unpaired) electrons. The molecule has 0 aromatic heterocycles. The van der Waals surface area contributed by atoms with Gasteiger partial charge in [-0.3, -0.25) is 0 Å². The largest absolute Gasteiger partial charge is 0.103 e. The third-order valence-corrected chi connectivity index (χ3v) is 8.89. The van der Waals surface area contributed by atoms with Crippen molar-refractivity contribution in [1.82, 2.24) is 0 Å². The molecule has 0 spiro atoms. The number of hydrogen-bond donors (Lipinski definition) is 0. The van der Waals surface area contributed by atoms with Crippen molar-refractivity contribution in [3.8, 4) is 0 Å². The molecule has 1 unspecified atom stereocenters. The second-order valence-corrected chi connectivity index (χ2v) is 9.51. The minimum atomic E-state index is -1.52. The van der Waals surface area contributed by atoms with E-state index in [2.05, 4.69) is 62.8 Å². The Bertz CT molecular complexity index is 358. The predicted molar refractivity (Wildman–Crippen MR) is 86.6 cm³/mol. The Morgan fingerprint density at radius 3 is 1.94 bits per heavy atom. The summed E-state index contributed by atoms with van der Waals surface area (Å²) in [6.07, 6.45) is 16.0. The molecule has 0 N–H and O–H groups in total. The quantitative estimate of drug-likeness (QED) is 0.381. The van der Waals surface area contributed by atoms with Crippen molar-refractivity contribution in [1.29, 1.82) is 0 Å². The van der Waals surface area contributed by atoms with Crippen LogP contribution in [0.5, 0.6) is 0 Å². The lowest BCUT2D eigenvalue weighted by molar-refractivity contribution is 1.05. The fourth-order valence-electron chi connectivity index (χ4n) is 2.97. The Morgan fingerprint density at radius 2 is 1.50 bits per heavy atom. The third-order valence-electron chi connectivity index (χ3n) is 3.71. The van der Waals surface area contributed by atoms with Crippen molar-refractivity contribution >= 4 is 8.07 Å². The van der Waals surface area contributed by atoms with Crippen LogP contribution < -0.4 is 0 Å². The highest BCUT2D eigenvalue weighted by atomic mass is 28.3. The molecule has 1 aliphatic carbocycles. The summed E-state index contributed by atoms with van der Waals surface area (Å²) in [7, 11) is -1.52. The smallest absolute Gasteiger partial charge is 0.0763 e. The van der Waals surface area contributed by atoms with Crippen molar-refractivity contribution in [2.75, 3.05) is 0 Å². The van der Waals surface area contributed by atoms with Crippen LogP contribution >= 0.6 is 0 Å². The highest BCUT2D eigenvalue weighted by Crippen LogP contribution is 2.44. The predicted octanol–water partition coefficient (Wildman–Crippen LogP) is 5.44. The van der Waals surface area contributed by atoms with Crippen LogP contribution in [0.2, 0.25) is 23.7 Å². The van der Waals surface area contributed by atoms with E-state index >= 15 is 0 Å². The molecule has 0 aromatic rings. The highest BCUT2D eigenvalue weighted by Gasteiger charge is 2.39. The normalized spacial score (nSPS) is 18.2. The van der Waals surface area contributed by atoms with Crippen LogP contribution in [0.4, 0.5) is 0 Å². The van der Waals surface area contributed by atoms with Gasteiger partial charge in [-0.2, -0.15) is 0 Å². The summed E-state index contributed by atoms with van der Waals surface area (Å²) >= 11 is 0. The second kappa shape index (κ2) is 7.17. The molecule has 0 saturated heterocycles. The van der Waals surface area contributed by atoms with Crippen molar-refractivity contribution in [2.45, 2.75) is 30.1 Å². The van der Waals surface area contributed by atoms with Gasteiger partial charge in [0.05, 0.1) is 8.07 Å². The zero-order chi connectivity index (χ0) is 13.4. The van der Waals surface area contributed by atoms with Gasteiger partial charge in [0.15, 0.2) is 0 Å². The number of rotatable bonds is 9. The molecule has 0 nitrogen and oxygen atoms in total. The summed E-state index contributed by atoms with van der Waals surface area (Å²) in [6, 6.07) is 3.36. The summed E-state index contributed by atoms with van der Waals surface area (Å²) in [6.45, 7) is 15.7. The van der Waals surface area contributed by atoms with Crippen molar-refractivity contribution in [3.05, 3.63) is 74.4 Å². The van der Waals surface area contributed by atoms with E-state index in [9.17, 15) is 0 Å². The highest BCUT2D eigenvalue weighted by molar-refractivity contribution is 6.83. The lowest BCUT2D eigenvalue weighted by atomic mass is 10.1. The zero-order valence-electron chi connectivity index (χ0n) is 11.3. The van der Waals surface area contributed by atoms with Crippen molar-refractivity contribution < 1.29 is 0 Å². The second-order valence-electron chi connectivity index (χ2n) is 4.94. The molecule has 0 aromatic carbocycles. The number of hydrogen-bond acceptors (Lipinski definition) is 0. The van der Waals surface area contributed by atoms with Gasteiger partial charge in [0, 0.05) is 0 Å². The zero-order valence-corrected chi connectivity index (χ0v) is 12.3. The minimum absolute atomic E-state index is 0.587. The SMILES string of the molecule is C=CCC1=CC=CC1[Si](CC=C)(CC=C)CC=C. The molecule has 18 heavy (non-hydrogen) atoms. The lowest BCUT2D eigenvalue weighted by Gasteiger charge is -2.36. The van der Waals surface area contributed by atoms with Gasteiger partial charge in [0.25, 0.3) is 0 Å². The monoisotopic (exact) mass is 256 g/mol. The maximum Gasteiger partial charge on any atom is 0.0763 e. The molecule has 0 fully saturated rings. The van der Waals surface area contributed by atoms with Gasteiger partial charge in [0.2, 0.25) is 0 Å². The molecule has 1 heteroatoms. The molecule has 0 amide bonds. The van der Waals surface area contributed by atoms with Gasteiger partial charge in [-0.15, -0.1) is 26.3 Å². The first-order valence-corrected chi connectivity index (χ1v) is 9.24. The van der Waals surface area contributed by atoms with Gasteiger partial charge < -0.3 is 0 Å². The van der Waals surface area contributed by atoms with Crippen LogP contribution in [0.15, 0.2) is 74.4 Å². The van der Waals surface area contributed by atoms with Crippen LogP contribution in [0.25, 0.3) is 0 Å². The van der Waals surface area contributed by atoms with E-state index in [0.717, 1.165) is 24.6 Å². The van der Waals surface area contributed by atoms with Crippen LogP contribution in [-0.4, -0.2) is 8.07 Å². The Balaban J connectivity index is 3.06. The molecule has 0 aliphatic heterocycles. The molecular weight excluding hydrogens is 232 g/mol. The Kier molecular flexibility index (Phi) is 5.86. The van der Waals surface area contributed by atoms with E-state index in [-0.39, 0.29) is 0 Å². The molecule has 0 heterocycles. The minimum Gasteiger partial charge on any atom is -0.103 e. The van der Waals surface area contributed by atoms with Crippen molar-refractivity contribution in [3.63, 3.8) is 0 Å². The summed E-state index contributed by atoms with van der Waals surface area (Å²) in [4.78, 5) is 0. The Hall–Kier alpha value is -1.34. The van der Waals surface area contributed by atoms with E-state index in [4.69, 9.17) is 0 Å². The molecule has 1 rings (SSSR count). The van der Waals surface area contributed by atoms with E-state index in [0.29, 0.717) is 5.54 Å². The Morgan fingerprint density at radius 1 is 0.944 bits per heavy atom. The van der Waals surface area contributed by atoms with Crippen LogP contribution in [0.3, 0.4) is 0 Å². The van der Waals surface area contributed by atoms with E-state index in [1.165, 1.54) is 5.57 Å². The first-order chi connectivity index (χ1) is 8.74. The van der Waals surface area contributed by atoms with E-state index < -0.39 is 8.07 Å². The van der Waals surface area contributed by atoms with Gasteiger partial charge in [-0.1, -0.05) is 48.1 Å². The maximum atomic E-state index is 3.95. The van der Waals surface area contributed by atoms with Crippen molar-refractivity contribution in [2.24, 2.45) is 0 Å². The van der Waals surface area contributed by atoms with Crippen LogP contribution in [0.1, 0.15) is 6.42 Å². The summed E-state index contributed by atoms with van der Waals surface area (Å²) in [5.74, 6) is 0. The van der Waals surface area contributed by atoms with Gasteiger partial charge in [-0.05, 0) is 30.1 Å². The average molecular weight is 256 g/mol. The molecule has 1 aliphatic rings. The Labute approximate surface area is 113 Å². The summed E-state index contributed by atoms with van der Waals surface area (Å²) in [5.41, 5.74) is 2.09. The molecular formula is C17H24Si. The summed E-state index contributed by atoms with van der Waals surface area (Å²) in [5, 5.41) is 0. The van der Waals surface area contributed by atoms with Gasteiger partial charge in [-0.25, -0.2) is 0 Å².